The smallest absolute Gasteiger partial charge is 0.253 e. The van der Waals surface area contributed by atoms with E-state index in [1.165, 1.54) is 0 Å². The molecular weight excluding hydrogens is 352 g/mol. The van der Waals surface area contributed by atoms with E-state index in [0.29, 0.717) is 11.9 Å². The van der Waals surface area contributed by atoms with Gasteiger partial charge in [-0.15, -0.1) is 10.2 Å². The Labute approximate surface area is 164 Å². The van der Waals surface area contributed by atoms with E-state index < -0.39 is 0 Å². The van der Waals surface area contributed by atoms with Crippen molar-refractivity contribution in [3.05, 3.63) is 54.1 Å². The van der Waals surface area contributed by atoms with E-state index in [1.807, 2.05) is 53.4 Å². The van der Waals surface area contributed by atoms with Gasteiger partial charge in [0.1, 0.15) is 0 Å². The molecule has 2 heterocycles. The third kappa shape index (κ3) is 3.80. The molecule has 1 atom stereocenters. The van der Waals surface area contributed by atoms with Crippen molar-refractivity contribution in [3.8, 4) is 22.5 Å². The van der Waals surface area contributed by atoms with Crippen molar-refractivity contribution >= 4 is 5.91 Å². The van der Waals surface area contributed by atoms with Gasteiger partial charge in [-0.1, -0.05) is 36.4 Å². The molecule has 1 fully saturated rings. The van der Waals surface area contributed by atoms with Crippen LogP contribution in [0.2, 0.25) is 0 Å². The van der Waals surface area contributed by atoms with Crippen LogP contribution in [0.1, 0.15) is 23.2 Å². The first-order chi connectivity index (χ1) is 13.6. The molecule has 2 aromatic carbocycles. The fourth-order valence-electron chi connectivity index (χ4n) is 3.64. The molecule has 1 saturated heterocycles. The van der Waals surface area contributed by atoms with Crippen LogP contribution in [0.25, 0.3) is 22.5 Å². The number of likely N-dealkylation sites (tertiary alicyclic amines) is 1. The maximum atomic E-state index is 12.9. The summed E-state index contributed by atoms with van der Waals surface area (Å²) >= 11 is 0. The lowest BCUT2D eigenvalue weighted by Crippen LogP contribution is -2.47. The summed E-state index contributed by atoms with van der Waals surface area (Å²) in [6, 6.07) is 16.3. The summed E-state index contributed by atoms with van der Waals surface area (Å²) in [6.45, 7) is 1.63. The Balaban J connectivity index is 1.47. The number of likely N-dealkylation sites (N-methyl/N-ethyl adjacent to an activating group) is 1. The number of hydrogen-bond donors (Lipinski definition) is 1. The van der Waals surface area contributed by atoms with E-state index >= 15 is 0 Å². The van der Waals surface area contributed by atoms with Gasteiger partial charge in [-0.3, -0.25) is 4.79 Å². The Bertz CT molecular complexity index is 919. The van der Waals surface area contributed by atoms with Gasteiger partial charge in [0.25, 0.3) is 5.91 Å². The minimum atomic E-state index is 0.116. The van der Waals surface area contributed by atoms with Crippen LogP contribution in [0.15, 0.2) is 48.5 Å². The van der Waals surface area contributed by atoms with Crippen LogP contribution in [0.5, 0.6) is 0 Å². The lowest BCUT2D eigenvalue weighted by molar-refractivity contribution is 0.0635. The molecule has 0 radical (unpaired) electrons. The standard InChI is InChI=1S/C21H24N6O/c1-26(2)19-4-3-13-27(14-19)21(28)18-11-7-16(8-12-18)15-5-9-17(10-6-15)20-22-24-25-23-20/h5-12,19H,3-4,13-14H2,1-2H3,(H,22,23,24,25). The maximum absolute atomic E-state index is 12.9. The first-order valence-corrected chi connectivity index (χ1v) is 9.52. The lowest BCUT2D eigenvalue weighted by Gasteiger charge is -2.36. The van der Waals surface area contributed by atoms with Gasteiger partial charge < -0.3 is 9.80 Å². The molecule has 7 heteroatoms. The van der Waals surface area contributed by atoms with Crippen molar-refractivity contribution in [2.24, 2.45) is 0 Å². The van der Waals surface area contributed by atoms with Crippen molar-refractivity contribution < 1.29 is 4.79 Å². The molecule has 0 bridgehead atoms. The van der Waals surface area contributed by atoms with Crippen LogP contribution in [0.4, 0.5) is 0 Å². The molecule has 0 aliphatic carbocycles. The van der Waals surface area contributed by atoms with Crippen LogP contribution in [-0.2, 0) is 0 Å². The topological polar surface area (TPSA) is 78.0 Å². The summed E-state index contributed by atoms with van der Waals surface area (Å²) in [7, 11) is 4.16. The van der Waals surface area contributed by atoms with Crippen molar-refractivity contribution in [2.45, 2.75) is 18.9 Å². The summed E-state index contributed by atoms with van der Waals surface area (Å²) in [4.78, 5) is 17.1. The number of carbonyl (C=O) groups is 1. The summed E-state index contributed by atoms with van der Waals surface area (Å²) < 4.78 is 0. The molecule has 3 aromatic rings. The number of tetrazole rings is 1. The number of hydrogen-bond acceptors (Lipinski definition) is 5. The Morgan fingerprint density at radius 2 is 1.68 bits per heavy atom. The molecule has 7 nitrogen and oxygen atoms in total. The Morgan fingerprint density at radius 1 is 1.04 bits per heavy atom. The molecule has 1 aliphatic heterocycles. The van der Waals surface area contributed by atoms with Crippen LogP contribution in [0, 0.1) is 0 Å². The van der Waals surface area contributed by atoms with Gasteiger partial charge in [-0.05, 0) is 55.4 Å². The number of rotatable bonds is 4. The number of piperidine rings is 1. The third-order valence-electron chi connectivity index (χ3n) is 5.37. The van der Waals surface area contributed by atoms with Crippen molar-refractivity contribution in [3.63, 3.8) is 0 Å². The molecule has 0 spiro atoms. The summed E-state index contributed by atoms with van der Waals surface area (Å²) in [6.07, 6.45) is 2.20. The highest BCUT2D eigenvalue weighted by Crippen LogP contribution is 2.24. The van der Waals surface area contributed by atoms with E-state index in [0.717, 1.165) is 48.2 Å². The zero-order valence-corrected chi connectivity index (χ0v) is 16.2. The molecule has 1 aromatic heterocycles. The highest BCUT2D eigenvalue weighted by atomic mass is 16.2. The van der Waals surface area contributed by atoms with Crippen molar-refractivity contribution in [1.29, 1.82) is 0 Å². The Kier molecular flexibility index (Phi) is 5.16. The second-order valence-corrected chi connectivity index (χ2v) is 7.40. The molecule has 1 aliphatic rings. The number of benzene rings is 2. The molecule has 1 N–H and O–H groups in total. The lowest BCUT2D eigenvalue weighted by atomic mass is 10.0. The van der Waals surface area contributed by atoms with Gasteiger partial charge in [0, 0.05) is 30.3 Å². The second-order valence-electron chi connectivity index (χ2n) is 7.40. The average Bonchev–Trinajstić information content (AvgIpc) is 3.28. The fraction of sp³-hybridized carbons (Fsp3) is 0.333. The molecule has 28 heavy (non-hydrogen) atoms. The first kappa shape index (κ1) is 18.3. The molecule has 4 rings (SSSR count). The molecular formula is C21H24N6O. The third-order valence-corrected chi connectivity index (χ3v) is 5.37. The molecule has 1 unspecified atom stereocenters. The van der Waals surface area contributed by atoms with Crippen LogP contribution >= 0.6 is 0 Å². The zero-order chi connectivity index (χ0) is 19.5. The maximum Gasteiger partial charge on any atom is 0.253 e. The van der Waals surface area contributed by atoms with Crippen LogP contribution < -0.4 is 0 Å². The SMILES string of the molecule is CN(C)C1CCCN(C(=O)c2ccc(-c3ccc(-c4nn[nH]n4)cc3)cc2)C1. The monoisotopic (exact) mass is 376 g/mol. The predicted octanol–water partition coefficient (Wildman–Crippen LogP) is 2.70. The number of nitrogens with zero attached hydrogens (tertiary/aromatic N) is 5. The van der Waals surface area contributed by atoms with E-state index in [-0.39, 0.29) is 5.91 Å². The predicted molar refractivity (Wildman–Crippen MR) is 108 cm³/mol. The molecule has 1 amide bonds. The number of carbonyl (C=O) groups excluding carboxylic acids is 1. The summed E-state index contributed by atoms with van der Waals surface area (Å²) in [5.41, 5.74) is 3.80. The highest BCUT2D eigenvalue weighted by Gasteiger charge is 2.25. The minimum absolute atomic E-state index is 0.116. The number of aromatic nitrogens is 4. The molecule has 0 saturated carbocycles. The summed E-state index contributed by atoms with van der Waals surface area (Å²) in [5.74, 6) is 0.690. The Hall–Kier alpha value is -3.06. The van der Waals surface area contributed by atoms with E-state index in [2.05, 4.69) is 39.6 Å². The minimum Gasteiger partial charge on any atom is -0.337 e. The number of H-pyrrole nitrogens is 1. The van der Waals surface area contributed by atoms with E-state index in [9.17, 15) is 4.79 Å². The normalized spacial score (nSPS) is 17.1. The quantitative estimate of drug-likeness (QED) is 0.757. The Morgan fingerprint density at radius 3 is 2.29 bits per heavy atom. The fourth-order valence-corrected chi connectivity index (χ4v) is 3.64. The summed E-state index contributed by atoms with van der Waals surface area (Å²) in [5, 5.41) is 14.0. The van der Waals surface area contributed by atoms with Crippen molar-refractivity contribution in [2.75, 3.05) is 27.2 Å². The van der Waals surface area contributed by atoms with Gasteiger partial charge in [0.15, 0.2) is 0 Å². The highest BCUT2D eigenvalue weighted by molar-refractivity contribution is 5.94. The number of aromatic amines is 1. The zero-order valence-electron chi connectivity index (χ0n) is 16.2. The van der Waals surface area contributed by atoms with Crippen molar-refractivity contribution in [1.82, 2.24) is 30.4 Å². The number of amides is 1. The van der Waals surface area contributed by atoms with Crippen LogP contribution in [-0.4, -0.2) is 69.6 Å². The second kappa shape index (κ2) is 7.90. The van der Waals surface area contributed by atoms with Gasteiger partial charge in [-0.25, -0.2) is 0 Å². The molecule has 144 valence electrons. The largest absolute Gasteiger partial charge is 0.337 e. The van der Waals surface area contributed by atoms with E-state index in [1.54, 1.807) is 0 Å². The van der Waals surface area contributed by atoms with Gasteiger partial charge in [-0.2, -0.15) is 5.21 Å². The van der Waals surface area contributed by atoms with Gasteiger partial charge in [0.05, 0.1) is 0 Å². The van der Waals surface area contributed by atoms with Gasteiger partial charge >= 0.3 is 0 Å². The number of nitrogens with one attached hydrogen (secondary N) is 1. The van der Waals surface area contributed by atoms with E-state index in [4.69, 9.17) is 0 Å². The average molecular weight is 376 g/mol. The first-order valence-electron chi connectivity index (χ1n) is 9.52. The van der Waals surface area contributed by atoms with Crippen LogP contribution in [0.3, 0.4) is 0 Å². The van der Waals surface area contributed by atoms with Gasteiger partial charge in [0.2, 0.25) is 5.82 Å².